The minimum atomic E-state index is -0.889. The first-order valence-electron chi connectivity index (χ1n) is 5.36. The van der Waals surface area contributed by atoms with E-state index in [-0.39, 0.29) is 0 Å². The molecule has 1 N–H and O–H groups in total. The molecule has 92 valence electrons. The molecule has 0 saturated heterocycles. The van der Waals surface area contributed by atoms with E-state index in [0.29, 0.717) is 5.56 Å². The van der Waals surface area contributed by atoms with Crippen molar-refractivity contribution in [2.24, 2.45) is 0 Å². The van der Waals surface area contributed by atoms with Gasteiger partial charge in [-0.1, -0.05) is 34.1 Å². The zero-order valence-electron chi connectivity index (χ0n) is 9.47. The van der Waals surface area contributed by atoms with Crippen LogP contribution in [0, 0.1) is 0 Å². The smallest absolute Gasteiger partial charge is 0.335 e. The fraction of sp³-hybridized carbons (Fsp3) is 0.0714. The molecule has 0 unspecified atom stereocenters. The molecule has 0 aromatic heterocycles. The molecule has 0 amide bonds. The highest BCUT2D eigenvalue weighted by molar-refractivity contribution is 9.10. The zero-order valence-corrected chi connectivity index (χ0v) is 11.9. The third-order valence-electron chi connectivity index (χ3n) is 2.38. The Labute approximate surface area is 118 Å². The summed E-state index contributed by atoms with van der Waals surface area (Å²) in [6.45, 7) is 0. The number of rotatable bonds is 4. The van der Waals surface area contributed by atoms with E-state index in [2.05, 4.69) is 28.1 Å². The number of thioether (sulfide) groups is 1. The highest BCUT2D eigenvalue weighted by Crippen LogP contribution is 2.24. The molecule has 18 heavy (non-hydrogen) atoms. The summed E-state index contributed by atoms with van der Waals surface area (Å²) < 4.78 is 1.06. The molecule has 0 aliphatic carbocycles. The maximum absolute atomic E-state index is 10.9. The van der Waals surface area contributed by atoms with Crippen LogP contribution in [-0.2, 0) is 5.75 Å². The molecule has 4 heteroatoms. The molecular weight excluding hydrogens is 312 g/mol. The first-order valence-corrected chi connectivity index (χ1v) is 7.13. The van der Waals surface area contributed by atoms with E-state index in [0.717, 1.165) is 15.1 Å². The van der Waals surface area contributed by atoms with Crippen molar-refractivity contribution in [3.8, 4) is 0 Å². The summed E-state index contributed by atoms with van der Waals surface area (Å²) in [5.41, 5.74) is 1.53. The molecule has 2 aromatic rings. The summed E-state index contributed by atoms with van der Waals surface area (Å²) in [4.78, 5) is 11.8. The second-order valence-electron chi connectivity index (χ2n) is 3.75. The minimum Gasteiger partial charge on any atom is -0.478 e. The Bertz CT molecular complexity index is 569. The molecule has 0 bridgehead atoms. The van der Waals surface area contributed by atoms with E-state index in [4.69, 9.17) is 5.11 Å². The van der Waals surface area contributed by atoms with Crippen LogP contribution in [0.4, 0.5) is 0 Å². The lowest BCUT2D eigenvalue weighted by Crippen LogP contribution is -1.95. The topological polar surface area (TPSA) is 37.3 Å². The lowest BCUT2D eigenvalue weighted by molar-refractivity contribution is 0.0696. The zero-order chi connectivity index (χ0) is 13.0. The third-order valence-corrected chi connectivity index (χ3v) is 3.93. The number of halogens is 1. The maximum Gasteiger partial charge on any atom is 0.335 e. The van der Waals surface area contributed by atoms with Crippen LogP contribution in [0.2, 0.25) is 0 Å². The summed E-state index contributed by atoms with van der Waals surface area (Å²) in [5.74, 6) is -0.0670. The van der Waals surface area contributed by atoms with Gasteiger partial charge in [0.05, 0.1) is 5.56 Å². The van der Waals surface area contributed by atoms with Crippen LogP contribution in [0.15, 0.2) is 57.9 Å². The molecule has 0 aliphatic rings. The highest BCUT2D eigenvalue weighted by atomic mass is 79.9. The normalized spacial score (nSPS) is 10.3. The second kappa shape index (κ2) is 6.07. The Balaban J connectivity index is 2.06. The number of hydrogen-bond acceptors (Lipinski definition) is 2. The molecule has 0 saturated carbocycles. The third kappa shape index (κ3) is 3.62. The first-order chi connectivity index (χ1) is 8.65. The van der Waals surface area contributed by atoms with E-state index >= 15 is 0 Å². The Morgan fingerprint density at radius 2 is 1.94 bits per heavy atom. The van der Waals surface area contributed by atoms with Crippen LogP contribution < -0.4 is 0 Å². The highest BCUT2D eigenvalue weighted by Gasteiger charge is 2.03. The monoisotopic (exact) mass is 322 g/mol. The summed E-state index contributed by atoms with van der Waals surface area (Å²) >= 11 is 5.06. The van der Waals surface area contributed by atoms with E-state index in [9.17, 15) is 4.79 Å². The van der Waals surface area contributed by atoms with Crippen LogP contribution >= 0.6 is 27.7 Å². The lowest BCUT2D eigenvalue weighted by atomic mass is 10.2. The molecule has 0 fully saturated rings. The minimum absolute atomic E-state index is 0.328. The van der Waals surface area contributed by atoms with Crippen molar-refractivity contribution in [2.45, 2.75) is 10.6 Å². The largest absolute Gasteiger partial charge is 0.478 e. The summed E-state index contributed by atoms with van der Waals surface area (Å²) in [6.07, 6.45) is 0. The number of carbonyl (C=O) groups is 1. The quantitative estimate of drug-likeness (QED) is 0.845. The molecule has 0 radical (unpaired) electrons. The van der Waals surface area contributed by atoms with Crippen molar-refractivity contribution in [3.05, 3.63) is 64.1 Å². The van der Waals surface area contributed by atoms with Gasteiger partial charge in [0.25, 0.3) is 0 Å². The van der Waals surface area contributed by atoms with Crippen molar-refractivity contribution in [3.63, 3.8) is 0 Å². The molecule has 0 aliphatic heterocycles. The standard InChI is InChI=1S/C14H11BrO2S/c15-12-5-1-3-10(7-12)9-18-13-6-2-4-11(8-13)14(16)17/h1-8H,9H2,(H,16,17). The Morgan fingerprint density at radius 1 is 1.17 bits per heavy atom. The summed E-state index contributed by atoms with van der Waals surface area (Å²) in [7, 11) is 0. The van der Waals surface area contributed by atoms with Crippen molar-refractivity contribution in [2.75, 3.05) is 0 Å². The number of aromatic carboxylic acids is 1. The van der Waals surface area contributed by atoms with Crippen molar-refractivity contribution >= 4 is 33.7 Å². The fourth-order valence-corrected chi connectivity index (χ4v) is 2.86. The molecule has 2 aromatic carbocycles. The second-order valence-corrected chi connectivity index (χ2v) is 5.72. The van der Waals surface area contributed by atoms with Gasteiger partial charge in [0.15, 0.2) is 0 Å². The van der Waals surface area contributed by atoms with Crippen molar-refractivity contribution in [1.29, 1.82) is 0 Å². The molecule has 0 heterocycles. The van der Waals surface area contributed by atoms with E-state index in [1.54, 1.807) is 30.0 Å². The van der Waals surface area contributed by atoms with E-state index in [1.807, 2.05) is 18.2 Å². The van der Waals surface area contributed by atoms with Gasteiger partial charge in [-0.25, -0.2) is 4.79 Å². The van der Waals surface area contributed by atoms with Crippen LogP contribution in [0.1, 0.15) is 15.9 Å². The van der Waals surface area contributed by atoms with Gasteiger partial charge in [0.1, 0.15) is 0 Å². The van der Waals surface area contributed by atoms with Gasteiger partial charge in [0, 0.05) is 15.1 Å². The van der Waals surface area contributed by atoms with Gasteiger partial charge in [-0.2, -0.15) is 0 Å². The predicted molar refractivity (Wildman–Crippen MR) is 77.1 cm³/mol. The van der Waals surface area contributed by atoms with Gasteiger partial charge >= 0.3 is 5.97 Å². The van der Waals surface area contributed by atoms with Crippen LogP contribution in [0.25, 0.3) is 0 Å². The molecule has 0 spiro atoms. The number of carboxylic acid groups (broad SMARTS) is 1. The Hall–Kier alpha value is -1.26. The van der Waals surface area contributed by atoms with Crippen LogP contribution in [-0.4, -0.2) is 11.1 Å². The Kier molecular flexibility index (Phi) is 4.44. The summed E-state index contributed by atoms with van der Waals surface area (Å²) in [6, 6.07) is 15.1. The molecular formula is C14H11BrO2S. The average Bonchev–Trinajstić information content (AvgIpc) is 2.37. The number of benzene rings is 2. The van der Waals surface area contributed by atoms with Gasteiger partial charge in [-0.05, 0) is 35.9 Å². The lowest BCUT2D eigenvalue weighted by Gasteiger charge is -2.03. The molecule has 2 rings (SSSR count). The molecule has 0 atom stereocenters. The predicted octanol–water partition coefficient (Wildman–Crippen LogP) is 4.44. The van der Waals surface area contributed by atoms with Crippen LogP contribution in [0.5, 0.6) is 0 Å². The number of carboxylic acids is 1. The number of hydrogen-bond donors (Lipinski definition) is 1. The first kappa shape index (κ1) is 13.2. The van der Waals surface area contributed by atoms with Crippen LogP contribution in [0.3, 0.4) is 0 Å². The van der Waals surface area contributed by atoms with Crippen molar-refractivity contribution in [1.82, 2.24) is 0 Å². The fourth-order valence-electron chi connectivity index (χ4n) is 1.51. The van der Waals surface area contributed by atoms with Crippen molar-refractivity contribution < 1.29 is 9.90 Å². The van der Waals surface area contributed by atoms with E-state index < -0.39 is 5.97 Å². The van der Waals surface area contributed by atoms with Gasteiger partial charge < -0.3 is 5.11 Å². The Morgan fingerprint density at radius 3 is 2.67 bits per heavy atom. The van der Waals surface area contributed by atoms with Gasteiger partial charge in [-0.3, -0.25) is 0 Å². The van der Waals surface area contributed by atoms with Gasteiger partial charge in [0.2, 0.25) is 0 Å². The summed E-state index contributed by atoms with van der Waals surface area (Å²) in [5, 5.41) is 8.92. The molecule has 2 nitrogen and oxygen atoms in total. The SMILES string of the molecule is O=C(O)c1cccc(SCc2cccc(Br)c2)c1. The van der Waals surface area contributed by atoms with E-state index in [1.165, 1.54) is 5.56 Å². The maximum atomic E-state index is 10.9. The van der Waals surface area contributed by atoms with Gasteiger partial charge in [-0.15, -0.1) is 11.8 Å². The average molecular weight is 323 g/mol.